The molecule has 202 valence electrons. The maximum atomic E-state index is 13.3. The van der Waals surface area contributed by atoms with Crippen LogP contribution in [0, 0.1) is 0 Å². The fraction of sp³-hybridized carbons (Fsp3) is 0.385. The molecule has 0 radical (unpaired) electrons. The first-order valence-electron chi connectivity index (χ1n) is 12.2. The number of nitrogens with one attached hydrogen (secondary N) is 2. The number of nitrogens with zero attached hydrogens (tertiary/aromatic N) is 2. The number of imide groups is 2. The van der Waals surface area contributed by atoms with E-state index in [-0.39, 0.29) is 36.4 Å². The number of methoxy groups -OCH3 is 1. The van der Waals surface area contributed by atoms with Crippen LogP contribution in [0.4, 0.5) is 11.4 Å². The summed E-state index contributed by atoms with van der Waals surface area (Å²) in [5.41, 5.74) is 1.35. The Morgan fingerprint density at radius 2 is 1.84 bits per heavy atom. The van der Waals surface area contributed by atoms with Gasteiger partial charge in [-0.05, 0) is 30.7 Å². The molecular formula is C26H29ClN4O7. The van der Waals surface area contributed by atoms with Gasteiger partial charge in [0, 0.05) is 32.1 Å². The number of fused-ring (bicyclic) bond motifs is 1. The topological polar surface area (TPSA) is 127 Å². The van der Waals surface area contributed by atoms with E-state index in [1.54, 1.807) is 36.4 Å². The molecule has 4 amide bonds. The van der Waals surface area contributed by atoms with Gasteiger partial charge in [0.05, 0.1) is 42.8 Å². The lowest BCUT2D eigenvalue weighted by molar-refractivity contribution is -0.136. The van der Waals surface area contributed by atoms with E-state index in [9.17, 15) is 19.2 Å². The molecule has 0 bridgehead atoms. The van der Waals surface area contributed by atoms with E-state index in [0.29, 0.717) is 29.5 Å². The van der Waals surface area contributed by atoms with Crippen molar-refractivity contribution in [2.24, 2.45) is 0 Å². The van der Waals surface area contributed by atoms with Crippen LogP contribution >= 0.6 is 12.4 Å². The van der Waals surface area contributed by atoms with E-state index in [1.807, 2.05) is 0 Å². The number of benzene rings is 2. The normalized spacial score (nSPS) is 19.5. The highest BCUT2D eigenvalue weighted by Crippen LogP contribution is 2.37. The van der Waals surface area contributed by atoms with Crippen LogP contribution in [-0.4, -0.2) is 86.0 Å². The number of hydrogen-bond acceptors (Lipinski definition) is 9. The van der Waals surface area contributed by atoms with Crippen LogP contribution in [0.2, 0.25) is 0 Å². The average molecular weight is 545 g/mol. The summed E-state index contributed by atoms with van der Waals surface area (Å²) in [5, 5.41) is 5.40. The molecule has 2 N–H and O–H groups in total. The van der Waals surface area contributed by atoms with Gasteiger partial charge in [-0.1, -0.05) is 6.07 Å². The predicted octanol–water partition coefficient (Wildman–Crippen LogP) is 1.97. The second kappa shape index (κ2) is 11.8. The average Bonchev–Trinajstić information content (AvgIpc) is 3.16. The number of piperidine rings is 1. The van der Waals surface area contributed by atoms with E-state index in [2.05, 4.69) is 15.5 Å². The Hall–Kier alpha value is -3.67. The van der Waals surface area contributed by atoms with E-state index in [4.69, 9.17) is 14.2 Å². The molecule has 3 aliphatic rings. The van der Waals surface area contributed by atoms with Crippen LogP contribution in [0.3, 0.4) is 0 Å². The molecule has 12 heteroatoms. The zero-order valence-electron chi connectivity index (χ0n) is 20.9. The SMILES string of the molecule is COc1cc(OCCN2CCOCC2)ccc1Nc1cccc2c1C(=O)N(C1CCC(=O)NC1=O)C2=O.Cl. The number of halogens is 1. The first kappa shape index (κ1) is 27.4. The van der Waals surface area contributed by atoms with Gasteiger partial charge in [0.1, 0.15) is 24.1 Å². The molecule has 0 aliphatic carbocycles. The Morgan fingerprint density at radius 1 is 1.05 bits per heavy atom. The van der Waals surface area contributed by atoms with Crippen LogP contribution in [0.5, 0.6) is 11.5 Å². The van der Waals surface area contributed by atoms with Crippen molar-refractivity contribution >= 4 is 47.4 Å². The summed E-state index contributed by atoms with van der Waals surface area (Å²) >= 11 is 0. The second-order valence-electron chi connectivity index (χ2n) is 8.96. The molecule has 3 aliphatic heterocycles. The summed E-state index contributed by atoms with van der Waals surface area (Å²) in [5.74, 6) is -1.06. The third kappa shape index (κ3) is 5.45. The molecule has 2 fully saturated rings. The Morgan fingerprint density at radius 3 is 2.58 bits per heavy atom. The minimum Gasteiger partial charge on any atom is -0.494 e. The van der Waals surface area contributed by atoms with Gasteiger partial charge in [0.15, 0.2) is 0 Å². The molecule has 3 heterocycles. The van der Waals surface area contributed by atoms with Crippen molar-refractivity contribution in [2.45, 2.75) is 18.9 Å². The van der Waals surface area contributed by atoms with Crippen LogP contribution in [-0.2, 0) is 14.3 Å². The van der Waals surface area contributed by atoms with Crippen molar-refractivity contribution < 1.29 is 33.4 Å². The molecular weight excluding hydrogens is 516 g/mol. The van der Waals surface area contributed by atoms with E-state index >= 15 is 0 Å². The molecule has 2 saturated heterocycles. The van der Waals surface area contributed by atoms with Crippen LogP contribution in [0.1, 0.15) is 33.6 Å². The van der Waals surface area contributed by atoms with Gasteiger partial charge in [-0.15, -0.1) is 12.4 Å². The van der Waals surface area contributed by atoms with Gasteiger partial charge in [-0.3, -0.25) is 34.3 Å². The van der Waals surface area contributed by atoms with Crippen molar-refractivity contribution in [3.8, 4) is 11.5 Å². The lowest BCUT2D eigenvalue weighted by atomic mass is 10.0. The van der Waals surface area contributed by atoms with Crippen molar-refractivity contribution in [1.82, 2.24) is 15.1 Å². The van der Waals surface area contributed by atoms with Crippen molar-refractivity contribution in [1.29, 1.82) is 0 Å². The van der Waals surface area contributed by atoms with Crippen molar-refractivity contribution in [2.75, 3.05) is 51.9 Å². The first-order chi connectivity index (χ1) is 18.0. The first-order valence-corrected chi connectivity index (χ1v) is 12.2. The molecule has 11 nitrogen and oxygen atoms in total. The lowest BCUT2D eigenvalue weighted by Crippen LogP contribution is -2.54. The summed E-state index contributed by atoms with van der Waals surface area (Å²) < 4.78 is 16.8. The van der Waals surface area contributed by atoms with Crippen LogP contribution in [0.25, 0.3) is 0 Å². The van der Waals surface area contributed by atoms with Gasteiger partial charge >= 0.3 is 0 Å². The number of ether oxygens (including phenoxy) is 3. The zero-order valence-corrected chi connectivity index (χ0v) is 21.7. The molecule has 0 aromatic heterocycles. The van der Waals surface area contributed by atoms with E-state index in [1.165, 1.54) is 7.11 Å². The Kier molecular flexibility index (Phi) is 8.50. The predicted molar refractivity (Wildman–Crippen MR) is 139 cm³/mol. The smallest absolute Gasteiger partial charge is 0.264 e. The zero-order chi connectivity index (χ0) is 25.9. The summed E-state index contributed by atoms with van der Waals surface area (Å²) in [6.45, 7) is 4.56. The molecule has 2 aromatic carbocycles. The Bertz CT molecular complexity index is 1250. The van der Waals surface area contributed by atoms with Crippen LogP contribution < -0.4 is 20.1 Å². The highest BCUT2D eigenvalue weighted by molar-refractivity contribution is 6.25. The maximum absolute atomic E-state index is 13.3. The van der Waals surface area contributed by atoms with Crippen molar-refractivity contribution in [3.05, 3.63) is 47.5 Å². The fourth-order valence-corrected chi connectivity index (χ4v) is 4.75. The molecule has 1 unspecified atom stereocenters. The minimum atomic E-state index is -1.03. The number of carbonyl (C=O) groups is 4. The lowest BCUT2D eigenvalue weighted by Gasteiger charge is -2.27. The van der Waals surface area contributed by atoms with Crippen molar-refractivity contribution in [3.63, 3.8) is 0 Å². The molecule has 38 heavy (non-hydrogen) atoms. The standard InChI is InChI=1S/C26H28N4O7.ClH/c1-35-21-15-16(37-14-11-29-9-12-36-13-10-29)5-6-18(21)27-19-4-2-3-17-23(19)26(34)30(25(17)33)20-7-8-22(31)28-24(20)32;/h2-6,15,20,27H,7-14H2,1H3,(H,28,31,32);1H. The second-order valence-corrected chi connectivity index (χ2v) is 8.96. The summed E-state index contributed by atoms with van der Waals surface area (Å²) in [7, 11) is 1.53. The van der Waals surface area contributed by atoms with Crippen LogP contribution in [0.15, 0.2) is 36.4 Å². The molecule has 0 spiro atoms. The number of hydrogen-bond donors (Lipinski definition) is 2. The molecule has 2 aromatic rings. The molecule has 1 atom stereocenters. The summed E-state index contributed by atoms with van der Waals surface area (Å²) in [6, 6.07) is 9.21. The Balaban J connectivity index is 0.00000336. The molecule has 5 rings (SSSR count). The monoisotopic (exact) mass is 544 g/mol. The number of anilines is 2. The number of rotatable bonds is 8. The number of amides is 4. The summed E-state index contributed by atoms with van der Waals surface area (Å²) in [6.07, 6.45) is 0.159. The molecule has 0 saturated carbocycles. The van der Waals surface area contributed by atoms with E-state index in [0.717, 1.165) is 37.7 Å². The quantitative estimate of drug-likeness (QED) is 0.479. The van der Waals surface area contributed by atoms with Gasteiger partial charge in [0.25, 0.3) is 11.8 Å². The third-order valence-corrected chi connectivity index (χ3v) is 6.69. The number of morpholine rings is 1. The van der Waals surface area contributed by atoms with Gasteiger partial charge in [-0.2, -0.15) is 0 Å². The minimum absolute atomic E-state index is 0. The highest BCUT2D eigenvalue weighted by Gasteiger charge is 2.45. The summed E-state index contributed by atoms with van der Waals surface area (Å²) in [4.78, 5) is 53.5. The number of carbonyl (C=O) groups excluding carboxylic acids is 4. The van der Waals surface area contributed by atoms with Gasteiger partial charge < -0.3 is 19.5 Å². The van der Waals surface area contributed by atoms with E-state index < -0.39 is 29.7 Å². The van der Waals surface area contributed by atoms with Gasteiger partial charge in [-0.25, -0.2) is 0 Å². The maximum Gasteiger partial charge on any atom is 0.264 e. The van der Waals surface area contributed by atoms with Gasteiger partial charge in [0.2, 0.25) is 11.8 Å². The highest BCUT2D eigenvalue weighted by atomic mass is 35.5. The third-order valence-electron chi connectivity index (χ3n) is 6.69. The largest absolute Gasteiger partial charge is 0.494 e. The fourth-order valence-electron chi connectivity index (χ4n) is 4.75. The Labute approximate surface area is 225 Å².